The van der Waals surface area contributed by atoms with Crippen molar-refractivity contribution in [2.45, 2.75) is 19.4 Å². The number of likely N-dealkylation sites (tertiary alicyclic amines) is 1. The van der Waals surface area contributed by atoms with Crippen molar-refractivity contribution in [1.82, 2.24) is 10.2 Å². The van der Waals surface area contributed by atoms with Gasteiger partial charge in [0.2, 0.25) is 0 Å². The molecule has 0 saturated carbocycles. The molecule has 2 heterocycles. The normalized spacial score (nSPS) is 15.9. The molecule has 0 spiro atoms. The third kappa shape index (κ3) is 5.83. The van der Waals surface area contributed by atoms with Gasteiger partial charge in [-0.25, -0.2) is 4.39 Å². The lowest BCUT2D eigenvalue weighted by Crippen LogP contribution is -2.39. The second-order valence-electron chi connectivity index (χ2n) is 6.40. The molecule has 134 valence electrons. The number of amides is 1. The summed E-state index contributed by atoms with van der Waals surface area (Å²) in [6, 6.07) is 7.85. The minimum absolute atomic E-state index is 0.0391. The SMILES string of the molecule is O=C(COc1ccc(F)cc1)NCC1CCN(Cc2ccsc2)CC1. The summed E-state index contributed by atoms with van der Waals surface area (Å²) in [6.45, 7) is 3.82. The Morgan fingerprint density at radius 2 is 2.00 bits per heavy atom. The van der Waals surface area contributed by atoms with Gasteiger partial charge in [-0.1, -0.05) is 0 Å². The van der Waals surface area contributed by atoms with Crippen molar-refractivity contribution in [2.24, 2.45) is 5.92 Å². The first-order valence-corrected chi connectivity index (χ1v) is 9.52. The van der Waals surface area contributed by atoms with Gasteiger partial charge in [0.05, 0.1) is 0 Å². The first-order valence-electron chi connectivity index (χ1n) is 8.57. The molecule has 1 amide bonds. The summed E-state index contributed by atoms with van der Waals surface area (Å²) in [7, 11) is 0. The Bertz CT molecular complexity index is 653. The summed E-state index contributed by atoms with van der Waals surface area (Å²) in [6.07, 6.45) is 2.20. The van der Waals surface area contributed by atoms with Crippen LogP contribution in [0.3, 0.4) is 0 Å². The predicted molar refractivity (Wildman–Crippen MR) is 97.2 cm³/mol. The van der Waals surface area contributed by atoms with Crippen LogP contribution in [-0.2, 0) is 11.3 Å². The number of halogens is 1. The van der Waals surface area contributed by atoms with Crippen LogP contribution in [0.15, 0.2) is 41.1 Å². The summed E-state index contributed by atoms with van der Waals surface area (Å²) in [4.78, 5) is 14.4. The van der Waals surface area contributed by atoms with Crippen LogP contribution in [0.5, 0.6) is 5.75 Å². The molecule has 0 bridgehead atoms. The average Bonchev–Trinajstić information content (AvgIpc) is 3.14. The van der Waals surface area contributed by atoms with E-state index in [4.69, 9.17) is 4.74 Å². The van der Waals surface area contributed by atoms with Gasteiger partial charge >= 0.3 is 0 Å². The van der Waals surface area contributed by atoms with Crippen molar-refractivity contribution in [3.8, 4) is 5.75 Å². The fourth-order valence-corrected chi connectivity index (χ4v) is 3.64. The third-order valence-corrected chi connectivity index (χ3v) is 5.20. The Kier molecular flexibility index (Phi) is 6.42. The number of nitrogens with zero attached hydrogens (tertiary/aromatic N) is 1. The van der Waals surface area contributed by atoms with E-state index >= 15 is 0 Å². The number of benzene rings is 1. The number of nitrogens with one attached hydrogen (secondary N) is 1. The van der Waals surface area contributed by atoms with Crippen LogP contribution in [0.2, 0.25) is 0 Å². The molecule has 1 aromatic carbocycles. The van der Waals surface area contributed by atoms with Gasteiger partial charge < -0.3 is 10.1 Å². The number of piperidine rings is 1. The highest BCUT2D eigenvalue weighted by molar-refractivity contribution is 7.07. The van der Waals surface area contributed by atoms with Crippen molar-refractivity contribution in [1.29, 1.82) is 0 Å². The average molecular weight is 362 g/mol. The maximum Gasteiger partial charge on any atom is 0.257 e. The van der Waals surface area contributed by atoms with E-state index in [1.165, 1.54) is 29.8 Å². The maximum atomic E-state index is 12.8. The fourth-order valence-electron chi connectivity index (χ4n) is 2.98. The zero-order chi connectivity index (χ0) is 17.5. The number of hydrogen-bond acceptors (Lipinski definition) is 4. The van der Waals surface area contributed by atoms with E-state index in [1.54, 1.807) is 11.3 Å². The first-order chi connectivity index (χ1) is 12.2. The van der Waals surface area contributed by atoms with Gasteiger partial charge in [0.1, 0.15) is 11.6 Å². The molecule has 4 nitrogen and oxygen atoms in total. The molecule has 0 radical (unpaired) electrons. The molecule has 1 aromatic heterocycles. The van der Waals surface area contributed by atoms with Crippen LogP contribution in [0, 0.1) is 11.7 Å². The van der Waals surface area contributed by atoms with E-state index in [2.05, 4.69) is 27.0 Å². The number of carbonyl (C=O) groups excluding carboxylic acids is 1. The van der Waals surface area contributed by atoms with Gasteiger partial charge in [-0.3, -0.25) is 9.69 Å². The van der Waals surface area contributed by atoms with Crippen molar-refractivity contribution >= 4 is 17.2 Å². The predicted octanol–water partition coefficient (Wildman–Crippen LogP) is 3.29. The zero-order valence-corrected chi connectivity index (χ0v) is 14.9. The van der Waals surface area contributed by atoms with E-state index in [9.17, 15) is 9.18 Å². The number of rotatable bonds is 7. The van der Waals surface area contributed by atoms with Gasteiger partial charge in [-0.2, -0.15) is 11.3 Å². The van der Waals surface area contributed by atoms with Crippen LogP contribution in [0.1, 0.15) is 18.4 Å². The van der Waals surface area contributed by atoms with E-state index in [0.717, 1.165) is 32.5 Å². The van der Waals surface area contributed by atoms with Crippen molar-refractivity contribution in [2.75, 3.05) is 26.2 Å². The maximum absolute atomic E-state index is 12.8. The van der Waals surface area contributed by atoms with Crippen LogP contribution in [0.4, 0.5) is 4.39 Å². The van der Waals surface area contributed by atoms with Crippen LogP contribution < -0.4 is 10.1 Å². The monoisotopic (exact) mass is 362 g/mol. The van der Waals surface area contributed by atoms with E-state index in [1.807, 2.05) is 0 Å². The molecule has 3 rings (SSSR count). The Labute approximate surface area is 151 Å². The van der Waals surface area contributed by atoms with Gasteiger partial charge in [-0.15, -0.1) is 0 Å². The summed E-state index contributed by atoms with van der Waals surface area (Å²) < 4.78 is 18.2. The quantitative estimate of drug-likeness (QED) is 0.822. The summed E-state index contributed by atoms with van der Waals surface area (Å²) in [5.74, 6) is 0.568. The van der Waals surface area contributed by atoms with Gasteiger partial charge in [0.15, 0.2) is 6.61 Å². The Morgan fingerprint density at radius 1 is 1.24 bits per heavy atom. The standard InChI is InChI=1S/C19H23FN2O2S/c20-17-1-3-18(4-2-17)24-13-19(23)21-11-15-5-8-22(9-6-15)12-16-7-10-25-14-16/h1-4,7,10,14-15H,5-6,8-9,11-13H2,(H,21,23). The molecular weight excluding hydrogens is 339 g/mol. The molecule has 1 saturated heterocycles. The first kappa shape index (κ1) is 17.9. The lowest BCUT2D eigenvalue weighted by atomic mass is 9.96. The topological polar surface area (TPSA) is 41.6 Å². The molecular formula is C19H23FN2O2S. The lowest BCUT2D eigenvalue weighted by molar-refractivity contribution is -0.123. The number of hydrogen-bond donors (Lipinski definition) is 1. The summed E-state index contributed by atoms with van der Waals surface area (Å²) >= 11 is 1.74. The molecule has 2 aromatic rings. The van der Waals surface area contributed by atoms with Crippen LogP contribution in [-0.4, -0.2) is 37.0 Å². The van der Waals surface area contributed by atoms with Crippen molar-refractivity contribution in [3.05, 3.63) is 52.5 Å². The van der Waals surface area contributed by atoms with E-state index in [-0.39, 0.29) is 18.3 Å². The molecule has 0 unspecified atom stereocenters. The van der Waals surface area contributed by atoms with Crippen molar-refractivity contribution in [3.63, 3.8) is 0 Å². The lowest BCUT2D eigenvalue weighted by Gasteiger charge is -2.31. The number of ether oxygens (including phenoxy) is 1. The highest BCUT2D eigenvalue weighted by Crippen LogP contribution is 2.19. The van der Waals surface area contributed by atoms with Gasteiger partial charge in [0.25, 0.3) is 5.91 Å². The van der Waals surface area contributed by atoms with Crippen molar-refractivity contribution < 1.29 is 13.9 Å². The zero-order valence-electron chi connectivity index (χ0n) is 14.1. The van der Waals surface area contributed by atoms with Crippen LogP contribution >= 0.6 is 11.3 Å². The van der Waals surface area contributed by atoms with E-state index < -0.39 is 0 Å². The van der Waals surface area contributed by atoms with E-state index in [0.29, 0.717) is 18.2 Å². The summed E-state index contributed by atoms with van der Waals surface area (Å²) in [5.41, 5.74) is 1.38. The Morgan fingerprint density at radius 3 is 2.68 bits per heavy atom. The Balaban J connectivity index is 1.31. The summed E-state index contributed by atoms with van der Waals surface area (Å²) in [5, 5.41) is 7.26. The van der Waals surface area contributed by atoms with Gasteiger partial charge in [0, 0.05) is 13.1 Å². The third-order valence-electron chi connectivity index (χ3n) is 4.46. The largest absolute Gasteiger partial charge is 0.484 e. The molecule has 0 atom stereocenters. The highest BCUT2D eigenvalue weighted by Gasteiger charge is 2.19. The highest BCUT2D eigenvalue weighted by atomic mass is 32.1. The minimum Gasteiger partial charge on any atom is -0.484 e. The molecule has 25 heavy (non-hydrogen) atoms. The molecule has 1 fully saturated rings. The number of carbonyl (C=O) groups is 1. The Hall–Kier alpha value is -1.92. The molecule has 0 aliphatic carbocycles. The van der Waals surface area contributed by atoms with Crippen LogP contribution in [0.25, 0.3) is 0 Å². The molecule has 1 aliphatic rings. The number of thiophene rings is 1. The van der Waals surface area contributed by atoms with Gasteiger partial charge in [-0.05, 0) is 78.5 Å². The smallest absolute Gasteiger partial charge is 0.257 e. The second-order valence-corrected chi connectivity index (χ2v) is 7.18. The molecule has 6 heteroatoms. The molecule has 1 N–H and O–H groups in total. The minimum atomic E-state index is -0.317. The second kappa shape index (κ2) is 8.97. The fraction of sp³-hybridized carbons (Fsp3) is 0.421. The molecule has 1 aliphatic heterocycles.